The lowest BCUT2D eigenvalue weighted by Gasteiger charge is -2.34. The maximum Gasteiger partial charge on any atom is 0.419 e. The SMILES string of the molecule is COc1c(F)cccc1Nc1c(-c2ccncc2OI)[nH]c2c1C(=O)NCC2CC1CCCN(C(=O)OI)C1. The number of aromatic nitrogens is 2. The molecule has 0 aliphatic carbocycles. The molecular weight excluding hydrogens is 735 g/mol. The summed E-state index contributed by atoms with van der Waals surface area (Å²) in [6.07, 6.45) is 5.52. The molecule has 13 heteroatoms. The third-order valence-electron chi connectivity index (χ3n) is 7.20. The molecule has 2 amide bonds. The molecule has 2 aromatic heterocycles. The van der Waals surface area contributed by atoms with Crippen molar-refractivity contribution in [1.82, 2.24) is 20.2 Å². The van der Waals surface area contributed by atoms with E-state index >= 15 is 0 Å². The standard InChI is InChI=1S/C26H26FI2N5O5/c1-37-24-17(27)5-2-6-18(24)32-23-20-21(33-22(23)16-7-8-30-12-19(16)38-28)15(11-31-25(20)35)10-14-4-3-9-34(13-14)26(36)39-29/h2,5-8,12,14-15,32-33H,3-4,9-11,13H2,1H3,(H,31,35). The van der Waals surface area contributed by atoms with Gasteiger partial charge < -0.3 is 31.4 Å². The zero-order valence-corrected chi connectivity index (χ0v) is 25.2. The first kappa shape index (κ1) is 27.7. The number of piperidine rings is 1. The molecule has 5 rings (SSSR count). The normalized spacial score (nSPS) is 18.7. The van der Waals surface area contributed by atoms with E-state index in [1.54, 1.807) is 81.5 Å². The van der Waals surface area contributed by atoms with Gasteiger partial charge in [-0.25, -0.2) is 9.18 Å². The lowest BCUT2D eigenvalue weighted by Crippen LogP contribution is -2.41. The summed E-state index contributed by atoms with van der Waals surface area (Å²) in [5.74, 6) is -0.0244. The average molecular weight is 761 g/mol. The molecule has 0 radical (unpaired) electrons. The molecule has 2 aliphatic rings. The van der Waals surface area contributed by atoms with E-state index in [2.05, 4.69) is 20.6 Å². The summed E-state index contributed by atoms with van der Waals surface area (Å²) in [7, 11) is 1.39. The van der Waals surface area contributed by atoms with Crippen molar-refractivity contribution in [3.8, 4) is 22.8 Å². The smallest absolute Gasteiger partial charge is 0.419 e. The highest BCUT2D eigenvalue weighted by molar-refractivity contribution is 14.1. The number of anilines is 2. The fraction of sp³-hybridized carbons (Fsp3) is 0.346. The molecule has 2 unspecified atom stereocenters. The van der Waals surface area contributed by atoms with Gasteiger partial charge in [-0.1, -0.05) is 6.07 Å². The second-order valence-corrected chi connectivity index (χ2v) is 10.4. The molecule has 1 fully saturated rings. The number of nitrogens with one attached hydrogen (secondary N) is 3. The molecule has 0 bridgehead atoms. The molecular formula is C26H26FI2N5O5. The number of nitrogens with zero attached hydrogens (tertiary/aromatic N) is 2. The van der Waals surface area contributed by atoms with E-state index in [1.165, 1.54) is 13.2 Å². The van der Waals surface area contributed by atoms with Crippen LogP contribution in [0.25, 0.3) is 11.3 Å². The van der Waals surface area contributed by atoms with Crippen molar-refractivity contribution in [2.24, 2.45) is 5.92 Å². The van der Waals surface area contributed by atoms with E-state index in [1.807, 2.05) is 0 Å². The van der Waals surface area contributed by atoms with Crippen LogP contribution in [0.1, 0.15) is 41.2 Å². The first-order chi connectivity index (χ1) is 18.9. The van der Waals surface area contributed by atoms with Crippen LogP contribution in [0.2, 0.25) is 0 Å². The molecule has 1 aromatic carbocycles. The number of rotatable bonds is 7. The summed E-state index contributed by atoms with van der Waals surface area (Å²) < 4.78 is 30.3. The van der Waals surface area contributed by atoms with Crippen molar-refractivity contribution in [2.75, 3.05) is 32.1 Å². The monoisotopic (exact) mass is 761 g/mol. The Kier molecular flexibility index (Phi) is 8.64. The maximum atomic E-state index is 14.6. The van der Waals surface area contributed by atoms with Crippen LogP contribution in [0.15, 0.2) is 36.7 Å². The number of ether oxygens (including phenoxy) is 1. The number of carbonyl (C=O) groups excluding carboxylic acids is 2. The van der Waals surface area contributed by atoms with E-state index in [-0.39, 0.29) is 29.6 Å². The zero-order valence-electron chi connectivity index (χ0n) is 20.9. The second kappa shape index (κ2) is 12.1. The number of para-hydroxylation sites is 1. The van der Waals surface area contributed by atoms with Crippen LogP contribution in [0.4, 0.5) is 20.6 Å². The molecule has 0 spiro atoms. The third kappa shape index (κ3) is 5.60. The Bertz CT molecular complexity index is 1390. The fourth-order valence-electron chi connectivity index (χ4n) is 5.47. The largest absolute Gasteiger partial charge is 0.492 e. The molecule has 206 valence electrons. The number of methoxy groups -OCH3 is 1. The molecule has 10 nitrogen and oxygen atoms in total. The van der Waals surface area contributed by atoms with E-state index in [9.17, 15) is 14.0 Å². The number of H-pyrrole nitrogens is 1. The lowest BCUT2D eigenvalue weighted by atomic mass is 9.84. The summed E-state index contributed by atoms with van der Waals surface area (Å²) in [6.45, 7) is 1.72. The highest BCUT2D eigenvalue weighted by Crippen LogP contribution is 2.45. The van der Waals surface area contributed by atoms with Crippen LogP contribution < -0.4 is 18.4 Å². The van der Waals surface area contributed by atoms with Gasteiger partial charge in [-0.2, -0.15) is 0 Å². The number of amides is 2. The average Bonchev–Trinajstić information content (AvgIpc) is 3.34. The van der Waals surface area contributed by atoms with E-state index < -0.39 is 5.82 Å². The zero-order chi connectivity index (χ0) is 27.5. The van der Waals surface area contributed by atoms with E-state index in [0.29, 0.717) is 53.6 Å². The van der Waals surface area contributed by atoms with Crippen molar-refractivity contribution in [3.63, 3.8) is 0 Å². The predicted octanol–water partition coefficient (Wildman–Crippen LogP) is 6.11. The predicted molar refractivity (Wildman–Crippen MR) is 159 cm³/mol. The van der Waals surface area contributed by atoms with Gasteiger partial charge in [0.05, 0.1) is 35.9 Å². The van der Waals surface area contributed by atoms with Crippen molar-refractivity contribution in [1.29, 1.82) is 0 Å². The first-order valence-corrected chi connectivity index (χ1v) is 14.1. The minimum Gasteiger partial charge on any atom is -0.492 e. The Labute approximate surface area is 252 Å². The number of hydrogen-bond acceptors (Lipinski definition) is 7. The molecule has 1 saturated heterocycles. The van der Waals surface area contributed by atoms with Gasteiger partial charge in [0.25, 0.3) is 5.91 Å². The number of halogens is 3. The Morgan fingerprint density at radius 3 is 2.92 bits per heavy atom. The number of pyridine rings is 1. The van der Waals surface area contributed by atoms with Gasteiger partial charge >= 0.3 is 6.09 Å². The second-order valence-electron chi connectivity index (χ2n) is 9.50. The Morgan fingerprint density at radius 1 is 1.31 bits per heavy atom. The van der Waals surface area contributed by atoms with Crippen molar-refractivity contribution >= 4 is 69.4 Å². The van der Waals surface area contributed by atoms with E-state index in [0.717, 1.165) is 25.0 Å². The fourth-order valence-corrected chi connectivity index (χ4v) is 6.10. The summed E-state index contributed by atoms with van der Waals surface area (Å²) in [5, 5.41) is 6.30. The van der Waals surface area contributed by atoms with Crippen LogP contribution in [0.3, 0.4) is 0 Å². The summed E-state index contributed by atoms with van der Waals surface area (Å²) in [6, 6.07) is 6.37. The third-order valence-corrected chi connectivity index (χ3v) is 8.05. The topological polar surface area (TPSA) is 118 Å². The maximum absolute atomic E-state index is 14.6. The van der Waals surface area contributed by atoms with Gasteiger partial charge in [0, 0.05) is 43.0 Å². The molecule has 4 heterocycles. The minimum absolute atomic E-state index is 0.0345. The lowest BCUT2D eigenvalue weighted by molar-refractivity contribution is 0.0935. The number of hydrogen-bond donors (Lipinski definition) is 3. The minimum atomic E-state index is -0.525. The Balaban J connectivity index is 1.58. The van der Waals surface area contributed by atoms with Crippen LogP contribution >= 0.6 is 46.0 Å². The highest BCUT2D eigenvalue weighted by atomic mass is 127. The van der Waals surface area contributed by atoms with Gasteiger partial charge in [-0.15, -0.1) is 0 Å². The van der Waals surface area contributed by atoms with Gasteiger partial charge in [-0.05, 0) is 43.4 Å². The van der Waals surface area contributed by atoms with Crippen molar-refractivity contribution in [3.05, 3.63) is 53.7 Å². The number of likely N-dealkylation sites (tertiary alicyclic amines) is 1. The molecule has 39 heavy (non-hydrogen) atoms. The van der Waals surface area contributed by atoms with Crippen molar-refractivity contribution in [2.45, 2.75) is 25.2 Å². The molecule has 3 aromatic rings. The van der Waals surface area contributed by atoms with Crippen LogP contribution in [-0.2, 0) is 3.07 Å². The van der Waals surface area contributed by atoms with Gasteiger partial charge in [0.15, 0.2) is 63.3 Å². The van der Waals surface area contributed by atoms with Gasteiger partial charge in [-0.3, -0.25) is 9.78 Å². The Morgan fingerprint density at radius 2 is 2.15 bits per heavy atom. The number of benzene rings is 1. The van der Waals surface area contributed by atoms with Crippen LogP contribution in [0.5, 0.6) is 11.5 Å². The quantitative estimate of drug-likeness (QED) is 0.249. The van der Waals surface area contributed by atoms with Crippen LogP contribution in [0, 0.1) is 11.7 Å². The number of aromatic amines is 1. The number of carbonyl (C=O) groups is 2. The Hall–Kier alpha value is -2.82. The molecule has 0 saturated carbocycles. The van der Waals surface area contributed by atoms with E-state index in [4.69, 9.17) is 10.9 Å². The highest BCUT2D eigenvalue weighted by Gasteiger charge is 2.36. The first-order valence-electron chi connectivity index (χ1n) is 12.4. The molecule has 2 aliphatic heterocycles. The molecule has 2 atom stereocenters. The summed E-state index contributed by atoms with van der Waals surface area (Å²) in [5.41, 5.74) is 3.38. The molecule has 3 N–H and O–H groups in total. The van der Waals surface area contributed by atoms with Crippen molar-refractivity contribution < 1.29 is 24.8 Å². The van der Waals surface area contributed by atoms with Crippen LogP contribution in [-0.4, -0.2) is 53.6 Å². The summed E-state index contributed by atoms with van der Waals surface area (Å²) >= 11 is 3.41. The number of fused-ring (bicyclic) bond motifs is 1. The summed E-state index contributed by atoms with van der Waals surface area (Å²) in [4.78, 5) is 34.9. The van der Waals surface area contributed by atoms with Gasteiger partial charge in [0.2, 0.25) is 0 Å². The van der Waals surface area contributed by atoms with Gasteiger partial charge in [0.1, 0.15) is 0 Å².